The molecule has 0 bridgehead atoms. The zero-order valence-corrected chi connectivity index (χ0v) is 20.1. The molecule has 35 heavy (non-hydrogen) atoms. The van der Waals surface area contributed by atoms with Crippen molar-refractivity contribution in [2.75, 3.05) is 31.1 Å². The van der Waals surface area contributed by atoms with Crippen LogP contribution in [-0.2, 0) is 6.54 Å². The largest absolute Gasteiger partial charge is 0.369 e. The first kappa shape index (κ1) is 21.8. The Morgan fingerprint density at radius 2 is 1.49 bits per heavy atom. The van der Waals surface area contributed by atoms with Crippen molar-refractivity contribution in [1.29, 1.82) is 0 Å². The maximum Gasteiger partial charge on any atom is 0.138 e. The van der Waals surface area contributed by atoms with Crippen LogP contribution in [0.2, 0.25) is 5.02 Å². The first-order chi connectivity index (χ1) is 17.2. The molecule has 0 spiro atoms. The maximum atomic E-state index is 6.33. The smallest absolute Gasteiger partial charge is 0.138 e. The first-order valence-corrected chi connectivity index (χ1v) is 12.3. The summed E-state index contributed by atoms with van der Waals surface area (Å²) < 4.78 is 0. The summed E-state index contributed by atoms with van der Waals surface area (Å²) in [7, 11) is 0. The molecule has 5 aromatic rings. The summed E-state index contributed by atoms with van der Waals surface area (Å²) in [6.45, 7) is 5.13. The van der Waals surface area contributed by atoms with Gasteiger partial charge in [0.1, 0.15) is 11.3 Å². The van der Waals surface area contributed by atoms with Gasteiger partial charge in [-0.25, -0.2) is 4.98 Å². The number of imidazole rings is 1. The number of nitrogens with one attached hydrogen (secondary N) is 1. The summed E-state index contributed by atoms with van der Waals surface area (Å²) in [4.78, 5) is 17.2. The minimum Gasteiger partial charge on any atom is -0.369 e. The Bertz CT molecular complexity index is 1450. The van der Waals surface area contributed by atoms with Crippen LogP contribution in [0.15, 0.2) is 91.3 Å². The first-order valence-electron chi connectivity index (χ1n) is 11.9. The van der Waals surface area contributed by atoms with Gasteiger partial charge in [-0.2, -0.15) is 0 Å². The summed E-state index contributed by atoms with van der Waals surface area (Å²) in [6, 6.07) is 27.4. The molecule has 174 valence electrons. The highest BCUT2D eigenvalue weighted by Crippen LogP contribution is 2.29. The summed E-state index contributed by atoms with van der Waals surface area (Å²) in [5.41, 5.74) is 7.79. The molecule has 0 amide bonds. The third kappa shape index (κ3) is 4.65. The van der Waals surface area contributed by atoms with Crippen LogP contribution in [0, 0.1) is 0 Å². The van der Waals surface area contributed by atoms with Gasteiger partial charge in [-0.3, -0.25) is 9.88 Å². The van der Waals surface area contributed by atoms with Gasteiger partial charge >= 0.3 is 0 Å². The number of para-hydroxylation sites is 1. The van der Waals surface area contributed by atoms with Gasteiger partial charge in [0.05, 0.1) is 10.5 Å². The highest BCUT2D eigenvalue weighted by Gasteiger charge is 2.17. The number of H-pyrrole nitrogens is 1. The van der Waals surface area contributed by atoms with Crippen molar-refractivity contribution in [1.82, 2.24) is 19.9 Å². The van der Waals surface area contributed by atoms with Gasteiger partial charge in [0, 0.05) is 56.4 Å². The minimum atomic E-state index is 0.662. The highest BCUT2D eigenvalue weighted by molar-refractivity contribution is 6.35. The number of nitrogens with zero attached hydrogens (tertiary/aromatic N) is 4. The summed E-state index contributed by atoms with van der Waals surface area (Å²) >= 11 is 6.33. The number of halogens is 1. The number of anilines is 1. The van der Waals surface area contributed by atoms with E-state index in [1.165, 1.54) is 22.4 Å². The number of benzene rings is 3. The van der Waals surface area contributed by atoms with Crippen LogP contribution in [-0.4, -0.2) is 46.0 Å². The van der Waals surface area contributed by atoms with Crippen LogP contribution in [0.1, 0.15) is 5.56 Å². The Balaban J connectivity index is 1.18. The average Bonchev–Trinajstić information content (AvgIpc) is 3.36. The van der Waals surface area contributed by atoms with Crippen LogP contribution in [0.25, 0.3) is 33.5 Å². The van der Waals surface area contributed by atoms with Crippen molar-refractivity contribution in [2.24, 2.45) is 0 Å². The van der Waals surface area contributed by atoms with Gasteiger partial charge in [-0.1, -0.05) is 54.1 Å². The van der Waals surface area contributed by atoms with E-state index in [0.29, 0.717) is 5.02 Å². The zero-order valence-electron chi connectivity index (χ0n) is 19.4. The molecule has 6 heteroatoms. The molecule has 1 saturated heterocycles. The van der Waals surface area contributed by atoms with E-state index in [9.17, 15) is 0 Å². The Kier molecular flexibility index (Phi) is 5.94. The lowest BCUT2D eigenvalue weighted by Gasteiger charge is -2.36. The predicted molar refractivity (Wildman–Crippen MR) is 144 cm³/mol. The Morgan fingerprint density at radius 1 is 0.771 bits per heavy atom. The molecule has 1 aliphatic rings. The third-order valence-electron chi connectivity index (χ3n) is 6.67. The average molecular weight is 480 g/mol. The topological polar surface area (TPSA) is 48.1 Å². The van der Waals surface area contributed by atoms with Crippen LogP contribution < -0.4 is 4.90 Å². The Morgan fingerprint density at radius 3 is 2.29 bits per heavy atom. The van der Waals surface area contributed by atoms with Crippen molar-refractivity contribution in [2.45, 2.75) is 6.54 Å². The van der Waals surface area contributed by atoms with E-state index in [1.54, 1.807) is 0 Å². The molecule has 1 fully saturated rings. The molecular weight excluding hydrogens is 454 g/mol. The van der Waals surface area contributed by atoms with Gasteiger partial charge in [0.25, 0.3) is 0 Å². The molecule has 2 aromatic heterocycles. The number of hydrogen-bond acceptors (Lipinski definition) is 4. The SMILES string of the molecule is Clc1cccc2[nH]c(-c3cccc(-c4cccc(CN5CCN(c6ccncc6)CC5)c4)c3)nc12. The van der Waals surface area contributed by atoms with Gasteiger partial charge in [0.2, 0.25) is 0 Å². The summed E-state index contributed by atoms with van der Waals surface area (Å²) in [6.07, 6.45) is 3.73. The molecular formula is C29H26ClN5. The molecule has 0 atom stereocenters. The Labute approximate surface area is 210 Å². The molecule has 0 radical (unpaired) electrons. The van der Waals surface area contributed by atoms with Crippen molar-refractivity contribution in [3.05, 3.63) is 102 Å². The van der Waals surface area contributed by atoms with Gasteiger partial charge in [-0.05, 0) is 53.1 Å². The van der Waals surface area contributed by atoms with Gasteiger partial charge < -0.3 is 9.88 Å². The molecule has 3 aromatic carbocycles. The molecule has 6 rings (SSSR count). The van der Waals surface area contributed by atoms with E-state index < -0.39 is 0 Å². The number of fused-ring (bicyclic) bond motifs is 1. The fraction of sp³-hybridized carbons (Fsp3) is 0.172. The normalized spacial score (nSPS) is 14.5. The molecule has 3 heterocycles. The number of aromatic amines is 1. The van der Waals surface area contributed by atoms with Gasteiger partial charge in [0.15, 0.2) is 0 Å². The molecule has 0 unspecified atom stereocenters. The van der Waals surface area contributed by atoms with E-state index in [4.69, 9.17) is 16.6 Å². The number of pyridine rings is 1. The lowest BCUT2D eigenvalue weighted by Crippen LogP contribution is -2.45. The van der Waals surface area contributed by atoms with Gasteiger partial charge in [-0.15, -0.1) is 0 Å². The number of piperazine rings is 1. The van der Waals surface area contributed by atoms with E-state index in [1.807, 2.05) is 30.6 Å². The monoisotopic (exact) mass is 479 g/mol. The maximum absolute atomic E-state index is 6.33. The van der Waals surface area contributed by atoms with E-state index >= 15 is 0 Å². The molecule has 0 saturated carbocycles. The number of aromatic nitrogens is 3. The third-order valence-corrected chi connectivity index (χ3v) is 6.97. The molecule has 0 aliphatic carbocycles. The molecule has 1 aliphatic heterocycles. The van der Waals surface area contributed by atoms with Crippen LogP contribution in [0.3, 0.4) is 0 Å². The molecule has 5 nitrogen and oxygen atoms in total. The molecule has 1 N–H and O–H groups in total. The quantitative estimate of drug-likeness (QED) is 0.323. The lowest BCUT2D eigenvalue weighted by atomic mass is 10.0. The van der Waals surface area contributed by atoms with Crippen molar-refractivity contribution < 1.29 is 0 Å². The second-order valence-electron chi connectivity index (χ2n) is 8.97. The van der Waals surface area contributed by atoms with E-state index in [-0.39, 0.29) is 0 Å². The van der Waals surface area contributed by atoms with E-state index in [2.05, 4.69) is 80.4 Å². The van der Waals surface area contributed by atoms with Crippen LogP contribution >= 0.6 is 11.6 Å². The lowest BCUT2D eigenvalue weighted by molar-refractivity contribution is 0.250. The zero-order chi connectivity index (χ0) is 23.6. The second kappa shape index (κ2) is 9.53. The second-order valence-corrected chi connectivity index (χ2v) is 9.38. The number of rotatable bonds is 5. The minimum absolute atomic E-state index is 0.662. The predicted octanol–water partition coefficient (Wildman–Crippen LogP) is 6.27. The number of hydrogen-bond donors (Lipinski definition) is 1. The highest BCUT2D eigenvalue weighted by atomic mass is 35.5. The van der Waals surface area contributed by atoms with Crippen molar-refractivity contribution in [3.8, 4) is 22.5 Å². The fourth-order valence-corrected chi connectivity index (χ4v) is 5.02. The Hall–Kier alpha value is -3.67. The van der Waals surface area contributed by atoms with Crippen molar-refractivity contribution in [3.63, 3.8) is 0 Å². The summed E-state index contributed by atoms with van der Waals surface area (Å²) in [5, 5.41) is 0.662. The van der Waals surface area contributed by atoms with Crippen LogP contribution in [0.4, 0.5) is 5.69 Å². The summed E-state index contributed by atoms with van der Waals surface area (Å²) in [5.74, 6) is 0.832. The fourth-order valence-electron chi connectivity index (χ4n) is 4.81. The van der Waals surface area contributed by atoms with Crippen molar-refractivity contribution >= 4 is 28.3 Å². The van der Waals surface area contributed by atoms with Crippen LogP contribution in [0.5, 0.6) is 0 Å². The standard InChI is InChI=1S/C29H26ClN5/c30-26-8-3-9-27-28(26)33-29(32-27)24-7-2-6-23(19-24)22-5-1-4-21(18-22)20-34-14-16-35(17-15-34)25-10-12-31-13-11-25/h1-13,18-19H,14-17,20H2,(H,32,33). The van der Waals surface area contributed by atoms with E-state index in [0.717, 1.165) is 55.1 Å².